The highest BCUT2D eigenvalue weighted by molar-refractivity contribution is 5.84. The van der Waals surface area contributed by atoms with Gasteiger partial charge in [0.25, 0.3) is 0 Å². The Hall–Kier alpha value is -1.85. The molecule has 0 aromatic rings. The van der Waals surface area contributed by atoms with Gasteiger partial charge in [0.15, 0.2) is 12.7 Å². The second-order valence-electron chi connectivity index (χ2n) is 2.70. The van der Waals surface area contributed by atoms with Gasteiger partial charge in [-0.1, -0.05) is 6.58 Å². The summed E-state index contributed by atoms with van der Waals surface area (Å²) in [7, 11) is 0. The quantitative estimate of drug-likeness (QED) is 0.368. The fourth-order valence-corrected chi connectivity index (χ4v) is 0.728. The van der Waals surface area contributed by atoms with Crippen molar-refractivity contribution in [2.45, 2.75) is 20.0 Å². The third kappa shape index (κ3) is 5.79. The van der Waals surface area contributed by atoms with Crippen LogP contribution in [0, 0.1) is 0 Å². The van der Waals surface area contributed by atoms with Crippen LogP contribution in [-0.4, -0.2) is 37.2 Å². The molecule has 0 saturated carbocycles. The molecule has 0 aromatic heterocycles. The minimum Gasteiger partial charge on any atom is -0.463 e. The van der Waals surface area contributed by atoms with E-state index < -0.39 is 30.6 Å². The van der Waals surface area contributed by atoms with Crippen LogP contribution in [0.1, 0.15) is 13.8 Å². The zero-order valence-electron chi connectivity index (χ0n) is 9.23. The van der Waals surface area contributed by atoms with Crippen LogP contribution in [0.25, 0.3) is 0 Å². The molecule has 0 heterocycles. The van der Waals surface area contributed by atoms with Crippen molar-refractivity contribution in [1.29, 1.82) is 0 Å². The van der Waals surface area contributed by atoms with E-state index in [1.54, 1.807) is 6.92 Å². The summed E-state index contributed by atoms with van der Waals surface area (Å²) in [5.41, 5.74) is 0. The molecule has 0 fully saturated rings. The monoisotopic (exact) mass is 230 g/mol. The van der Waals surface area contributed by atoms with Gasteiger partial charge in [-0.3, -0.25) is 0 Å². The van der Waals surface area contributed by atoms with E-state index in [1.165, 1.54) is 6.92 Å². The predicted molar refractivity (Wildman–Crippen MR) is 53.3 cm³/mol. The van der Waals surface area contributed by atoms with Gasteiger partial charge in [-0.05, 0) is 13.8 Å². The topological polar surface area (TPSA) is 78.9 Å². The standard InChI is InChI=1S/C10H14O6/c1-4-8(11)15-6-9(12)16-7(3)10(13)14-5-2/h4,7H,1,5-6H2,2-3H3. The van der Waals surface area contributed by atoms with Crippen molar-refractivity contribution in [3.63, 3.8) is 0 Å². The van der Waals surface area contributed by atoms with Gasteiger partial charge in [-0.15, -0.1) is 0 Å². The number of hydrogen-bond acceptors (Lipinski definition) is 6. The summed E-state index contributed by atoms with van der Waals surface area (Å²) in [5, 5.41) is 0. The van der Waals surface area contributed by atoms with Crippen LogP contribution < -0.4 is 0 Å². The number of hydrogen-bond donors (Lipinski definition) is 0. The minimum atomic E-state index is -1.02. The number of ether oxygens (including phenoxy) is 3. The lowest BCUT2D eigenvalue weighted by molar-refractivity contribution is -0.170. The van der Waals surface area contributed by atoms with E-state index in [0.717, 1.165) is 6.08 Å². The minimum absolute atomic E-state index is 0.201. The van der Waals surface area contributed by atoms with E-state index in [4.69, 9.17) is 0 Å². The molecule has 0 rings (SSSR count). The van der Waals surface area contributed by atoms with Gasteiger partial charge in [0, 0.05) is 6.08 Å². The Morgan fingerprint density at radius 2 is 1.94 bits per heavy atom. The van der Waals surface area contributed by atoms with Crippen molar-refractivity contribution in [3.8, 4) is 0 Å². The van der Waals surface area contributed by atoms with Crippen molar-refractivity contribution in [1.82, 2.24) is 0 Å². The highest BCUT2D eigenvalue weighted by atomic mass is 16.6. The van der Waals surface area contributed by atoms with Crippen LogP contribution in [0.3, 0.4) is 0 Å². The SMILES string of the molecule is C=CC(=O)OCC(=O)OC(C)C(=O)OCC. The van der Waals surface area contributed by atoms with Crippen LogP contribution in [0.4, 0.5) is 0 Å². The molecule has 6 heteroatoms. The second-order valence-corrected chi connectivity index (χ2v) is 2.70. The maximum absolute atomic E-state index is 11.0. The van der Waals surface area contributed by atoms with E-state index in [0.29, 0.717) is 0 Å². The van der Waals surface area contributed by atoms with Crippen molar-refractivity contribution >= 4 is 17.9 Å². The molecule has 0 aliphatic carbocycles. The number of carbonyl (C=O) groups is 3. The summed E-state index contributed by atoms with van der Waals surface area (Å²) >= 11 is 0. The maximum atomic E-state index is 11.0. The molecule has 0 bridgehead atoms. The van der Waals surface area contributed by atoms with Crippen molar-refractivity contribution in [2.75, 3.05) is 13.2 Å². The number of rotatable bonds is 6. The van der Waals surface area contributed by atoms with Gasteiger partial charge in [0.1, 0.15) is 0 Å². The largest absolute Gasteiger partial charge is 0.463 e. The van der Waals surface area contributed by atoms with Crippen molar-refractivity contribution < 1.29 is 28.6 Å². The molecule has 16 heavy (non-hydrogen) atoms. The number of carbonyl (C=O) groups excluding carboxylic acids is 3. The van der Waals surface area contributed by atoms with Crippen LogP contribution in [0.2, 0.25) is 0 Å². The summed E-state index contributed by atoms with van der Waals surface area (Å²) in [6, 6.07) is 0. The summed E-state index contributed by atoms with van der Waals surface area (Å²) in [5.74, 6) is -2.21. The van der Waals surface area contributed by atoms with Crippen molar-refractivity contribution in [2.24, 2.45) is 0 Å². The van der Waals surface area contributed by atoms with Gasteiger partial charge in [-0.25, -0.2) is 14.4 Å². The zero-order valence-corrected chi connectivity index (χ0v) is 9.23. The molecule has 0 aliphatic heterocycles. The molecule has 1 unspecified atom stereocenters. The van der Waals surface area contributed by atoms with Gasteiger partial charge in [-0.2, -0.15) is 0 Å². The maximum Gasteiger partial charge on any atom is 0.347 e. The first-order chi connectivity index (χ1) is 7.51. The van der Waals surface area contributed by atoms with Crippen LogP contribution in [-0.2, 0) is 28.6 Å². The van der Waals surface area contributed by atoms with E-state index in [-0.39, 0.29) is 6.61 Å². The van der Waals surface area contributed by atoms with Crippen LogP contribution >= 0.6 is 0 Å². The molecule has 6 nitrogen and oxygen atoms in total. The molecular formula is C10H14O6. The van der Waals surface area contributed by atoms with E-state index in [9.17, 15) is 14.4 Å². The Kier molecular flexibility index (Phi) is 6.58. The molecule has 1 atom stereocenters. The third-order valence-corrected chi connectivity index (χ3v) is 1.43. The first-order valence-electron chi connectivity index (χ1n) is 4.66. The Bertz CT molecular complexity index is 283. The molecule has 0 aromatic carbocycles. The van der Waals surface area contributed by atoms with Gasteiger partial charge >= 0.3 is 17.9 Å². The summed E-state index contributed by atoms with van der Waals surface area (Å²) in [6.07, 6.45) is -0.0999. The summed E-state index contributed by atoms with van der Waals surface area (Å²) < 4.78 is 13.7. The van der Waals surface area contributed by atoms with Gasteiger partial charge < -0.3 is 14.2 Å². The molecule has 0 amide bonds. The first-order valence-corrected chi connectivity index (χ1v) is 4.66. The second kappa shape index (κ2) is 7.44. The predicted octanol–water partition coefficient (Wildman–Crippen LogP) is 0.210. The average Bonchev–Trinajstić information content (AvgIpc) is 2.26. The van der Waals surface area contributed by atoms with E-state index in [2.05, 4.69) is 20.8 Å². The molecule has 0 radical (unpaired) electrons. The Balaban J connectivity index is 3.90. The third-order valence-electron chi connectivity index (χ3n) is 1.43. The van der Waals surface area contributed by atoms with E-state index in [1.807, 2.05) is 0 Å². The lowest BCUT2D eigenvalue weighted by Gasteiger charge is -2.11. The lowest BCUT2D eigenvalue weighted by Crippen LogP contribution is -2.28. The number of esters is 3. The smallest absolute Gasteiger partial charge is 0.347 e. The highest BCUT2D eigenvalue weighted by Gasteiger charge is 2.19. The first kappa shape index (κ1) is 14.2. The van der Waals surface area contributed by atoms with Crippen molar-refractivity contribution in [3.05, 3.63) is 12.7 Å². The molecule has 0 spiro atoms. The molecule has 90 valence electrons. The fraction of sp³-hybridized carbons (Fsp3) is 0.500. The average molecular weight is 230 g/mol. The lowest BCUT2D eigenvalue weighted by atomic mass is 10.4. The van der Waals surface area contributed by atoms with Crippen LogP contribution in [0.15, 0.2) is 12.7 Å². The fourth-order valence-electron chi connectivity index (χ4n) is 0.728. The van der Waals surface area contributed by atoms with Crippen LogP contribution in [0.5, 0.6) is 0 Å². The molecule has 0 N–H and O–H groups in total. The Morgan fingerprint density at radius 1 is 1.31 bits per heavy atom. The molecule has 0 saturated heterocycles. The molecular weight excluding hydrogens is 216 g/mol. The van der Waals surface area contributed by atoms with E-state index >= 15 is 0 Å². The van der Waals surface area contributed by atoms with Gasteiger partial charge in [0.05, 0.1) is 6.61 Å². The normalized spacial score (nSPS) is 11.1. The zero-order chi connectivity index (χ0) is 12.6. The Labute approximate surface area is 93.2 Å². The summed E-state index contributed by atoms with van der Waals surface area (Å²) in [4.78, 5) is 32.7. The summed E-state index contributed by atoms with van der Waals surface area (Å²) in [6.45, 7) is 5.79. The molecule has 0 aliphatic rings. The van der Waals surface area contributed by atoms with Gasteiger partial charge in [0.2, 0.25) is 0 Å². The highest BCUT2D eigenvalue weighted by Crippen LogP contribution is 1.96. The Morgan fingerprint density at radius 3 is 2.44 bits per heavy atom.